The Labute approximate surface area is 148 Å². The molecule has 0 aliphatic heterocycles. The zero-order valence-corrected chi connectivity index (χ0v) is 14.5. The highest BCUT2D eigenvalue weighted by Gasteiger charge is 2.22. The third-order valence-electron chi connectivity index (χ3n) is 4.55. The molecule has 1 amide bonds. The molecule has 0 aromatic carbocycles. The second-order valence-electron chi connectivity index (χ2n) is 6.21. The Kier molecular flexibility index (Phi) is 4.09. The lowest BCUT2D eigenvalue weighted by Gasteiger charge is -2.13. The summed E-state index contributed by atoms with van der Waals surface area (Å²) < 4.78 is 1.55. The van der Waals surface area contributed by atoms with Gasteiger partial charge in [-0.05, 0) is 43.4 Å². The highest BCUT2D eigenvalue weighted by molar-refractivity contribution is 7.18. The lowest BCUT2D eigenvalue weighted by molar-refractivity contribution is -0.118. The molecule has 0 radical (unpaired) electrons. The smallest absolute Gasteiger partial charge is 0.262 e. The summed E-state index contributed by atoms with van der Waals surface area (Å²) in [5.41, 5.74) is 6.97. The number of nitrogens with zero attached hydrogens (tertiary/aromatic N) is 3. The van der Waals surface area contributed by atoms with Gasteiger partial charge in [0.15, 0.2) is 5.82 Å². The first kappa shape index (κ1) is 16.0. The van der Waals surface area contributed by atoms with Gasteiger partial charge in [-0.2, -0.15) is 0 Å². The number of carbonyl (C=O) groups is 1. The summed E-state index contributed by atoms with van der Waals surface area (Å²) in [6.45, 7) is 0.216. The minimum Gasteiger partial charge on any atom is -0.370 e. The number of thiophene rings is 1. The first-order valence-corrected chi connectivity index (χ1v) is 9.21. The molecule has 0 unspecified atom stereocenters. The summed E-state index contributed by atoms with van der Waals surface area (Å²) in [4.78, 5) is 35.6. The van der Waals surface area contributed by atoms with E-state index in [4.69, 9.17) is 10.7 Å². The summed E-state index contributed by atoms with van der Waals surface area (Å²) >= 11 is 1.61. The predicted molar refractivity (Wildman–Crippen MR) is 97.6 cm³/mol. The minimum absolute atomic E-state index is 0.0914. The molecule has 0 bridgehead atoms. The highest BCUT2D eigenvalue weighted by Crippen LogP contribution is 2.34. The number of carbonyl (C=O) groups excluding carboxylic acids is 1. The van der Waals surface area contributed by atoms with Crippen molar-refractivity contribution >= 4 is 27.5 Å². The minimum atomic E-state index is -0.439. The van der Waals surface area contributed by atoms with Crippen LogP contribution in [0.3, 0.4) is 0 Å². The standard InChI is InChI=1S/C18H18N4O2S/c19-14(23)8-10-22-16(12-6-3-4-9-20-12)21-17-15(18(22)24)11-5-1-2-7-13(11)25-17/h3-4,6,9H,1-2,5,7-8,10H2,(H2,19,23). The number of fused-ring (bicyclic) bond motifs is 3. The molecule has 4 rings (SSSR count). The molecule has 0 saturated carbocycles. The van der Waals surface area contributed by atoms with Gasteiger partial charge in [-0.15, -0.1) is 11.3 Å². The zero-order valence-electron chi connectivity index (χ0n) is 13.7. The average Bonchev–Trinajstić information content (AvgIpc) is 3.00. The maximum Gasteiger partial charge on any atom is 0.262 e. The van der Waals surface area contributed by atoms with Crippen LogP contribution in [0.2, 0.25) is 0 Å². The fourth-order valence-corrected chi connectivity index (χ4v) is 4.61. The first-order chi connectivity index (χ1) is 12.1. The quantitative estimate of drug-likeness (QED) is 0.778. The van der Waals surface area contributed by atoms with E-state index in [2.05, 4.69) is 4.98 Å². The van der Waals surface area contributed by atoms with Crippen LogP contribution in [0.15, 0.2) is 29.2 Å². The number of rotatable bonds is 4. The third-order valence-corrected chi connectivity index (χ3v) is 5.74. The number of aryl methyl sites for hydroxylation is 2. The van der Waals surface area contributed by atoms with Crippen molar-refractivity contribution in [2.45, 2.75) is 38.6 Å². The van der Waals surface area contributed by atoms with Crippen LogP contribution < -0.4 is 11.3 Å². The second-order valence-corrected chi connectivity index (χ2v) is 7.30. The first-order valence-electron chi connectivity index (χ1n) is 8.40. The van der Waals surface area contributed by atoms with E-state index in [9.17, 15) is 9.59 Å². The number of hydrogen-bond donors (Lipinski definition) is 1. The van der Waals surface area contributed by atoms with Gasteiger partial charge < -0.3 is 5.73 Å². The number of amides is 1. The predicted octanol–water partition coefficient (Wildman–Crippen LogP) is 2.27. The van der Waals surface area contributed by atoms with Gasteiger partial charge in [-0.3, -0.25) is 19.1 Å². The van der Waals surface area contributed by atoms with Crippen LogP contribution in [0.25, 0.3) is 21.7 Å². The molecule has 128 valence electrons. The van der Waals surface area contributed by atoms with Crippen molar-refractivity contribution in [3.05, 3.63) is 45.2 Å². The van der Waals surface area contributed by atoms with E-state index >= 15 is 0 Å². The molecule has 2 N–H and O–H groups in total. The molecule has 0 spiro atoms. The van der Waals surface area contributed by atoms with Gasteiger partial charge in [0, 0.05) is 24.0 Å². The van der Waals surface area contributed by atoms with Gasteiger partial charge in [0.1, 0.15) is 10.5 Å². The van der Waals surface area contributed by atoms with E-state index in [0.717, 1.165) is 36.1 Å². The second kappa shape index (κ2) is 6.40. The maximum atomic E-state index is 13.2. The molecule has 25 heavy (non-hydrogen) atoms. The largest absolute Gasteiger partial charge is 0.370 e. The fourth-order valence-electron chi connectivity index (χ4n) is 3.36. The van der Waals surface area contributed by atoms with Crippen LogP contribution >= 0.6 is 11.3 Å². The topological polar surface area (TPSA) is 90.9 Å². The van der Waals surface area contributed by atoms with E-state index in [-0.39, 0.29) is 18.5 Å². The average molecular weight is 354 g/mol. The number of primary amides is 1. The van der Waals surface area contributed by atoms with Crippen molar-refractivity contribution < 1.29 is 4.79 Å². The van der Waals surface area contributed by atoms with Crippen LogP contribution in [0, 0.1) is 0 Å². The van der Waals surface area contributed by atoms with Gasteiger partial charge in [0.2, 0.25) is 5.91 Å². The fraction of sp³-hybridized carbons (Fsp3) is 0.333. The SMILES string of the molecule is NC(=O)CCn1c(-c2ccccn2)nc2sc3c(c2c1=O)CCCC3. The number of aromatic nitrogens is 3. The van der Waals surface area contributed by atoms with Crippen LogP contribution in [0.1, 0.15) is 29.7 Å². The Balaban J connectivity index is 1.97. The summed E-state index contributed by atoms with van der Waals surface area (Å²) in [6, 6.07) is 5.50. The summed E-state index contributed by atoms with van der Waals surface area (Å²) in [6.07, 6.45) is 5.95. The van der Waals surface area contributed by atoms with Gasteiger partial charge in [0.25, 0.3) is 5.56 Å². The van der Waals surface area contributed by atoms with Gasteiger partial charge in [0.05, 0.1) is 5.39 Å². The third kappa shape index (κ3) is 2.84. The monoisotopic (exact) mass is 354 g/mol. The van der Waals surface area contributed by atoms with Crippen molar-refractivity contribution in [1.82, 2.24) is 14.5 Å². The Hall–Kier alpha value is -2.54. The van der Waals surface area contributed by atoms with Crippen LogP contribution in [0.4, 0.5) is 0 Å². The maximum absolute atomic E-state index is 13.2. The van der Waals surface area contributed by atoms with Crippen LogP contribution in [0.5, 0.6) is 0 Å². The van der Waals surface area contributed by atoms with Gasteiger partial charge >= 0.3 is 0 Å². The molecule has 0 saturated heterocycles. The summed E-state index contributed by atoms with van der Waals surface area (Å²) in [5.74, 6) is 0.0595. The summed E-state index contributed by atoms with van der Waals surface area (Å²) in [5, 5.41) is 0.712. The van der Waals surface area contributed by atoms with Crippen molar-refractivity contribution in [3.63, 3.8) is 0 Å². The van der Waals surface area contributed by atoms with E-state index in [0.29, 0.717) is 16.9 Å². The molecule has 7 heteroatoms. The molecule has 6 nitrogen and oxygen atoms in total. The van der Waals surface area contributed by atoms with E-state index in [1.54, 1.807) is 22.1 Å². The molecular weight excluding hydrogens is 336 g/mol. The Bertz CT molecular complexity index is 1010. The highest BCUT2D eigenvalue weighted by atomic mass is 32.1. The molecule has 3 heterocycles. The molecule has 0 atom stereocenters. The molecule has 1 aliphatic carbocycles. The molecular formula is C18H18N4O2S. The number of hydrogen-bond acceptors (Lipinski definition) is 5. The Morgan fingerprint density at radius 3 is 2.88 bits per heavy atom. The summed E-state index contributed by atoms with van der Waals surface area (Å²) in [7, 11) is 0. The van der Waals surface area contributed by atoms with Crippen LogP contribution in [-0.4, -0.2) is 20.4 Å². The molecule has 3 aromatic rings. The lowest BCUT2D eigenvalue weighted by atomic mass is 9.97. The van der Waals surface area contributed by atoms with Crippen LogP contribution in [-0.2, 0) is 24.2 Å². The van der Waals surface area contributed by atoms with E-state index < -0.39 is 5.91 Å². The Morgan fingerprint density at radius 2 is 2.12 bits per heavy atom. The van der Waals surface area contributed by atoms with Crippen molar-refractivity contribution in [2.24, 2.45) is 5.73 Å². The molecule has 3 aromatic heterocycles. The molecule has 0 fully saturated rings. The van der Waals surface area contributed by atoms with Gasteiger partial charge in [-0.25, -0.2) is 4.98 Å². The zero-order chi connectivity index (χ0) is 17.4. The molecule has 1 aliphatic rings. The number of pyridine rings is 1. The van der Waals surface area contributed by atoms with E-state index in [1.165, 1.54) is 4.88 Å². The van der Waals surface area contributed by atoms with Crippen molar-refractivity contribution in [3.8, 4) is 11.5 Å². The Morgan fingerprint density at radius 1 is 1.28 bits per heavy atom. The van der Waals surface area contributed by atoms with Crippen molar-refractivity contribution in [1.29, 1.82) is 0 Å². The lowest BCUT2D eigenvalue weighted by Crippen LogP contribution is -2.26. The number of nitrogens with two attached hydrogens (primary N) is 1. The normalized spacial score (nSPS) is 13.8. The van der Waals surface area contributed by atoms with Crippen molar-refractivity contribution in [2.75, 3.05) is 0 Å². The van der Waals surface area contributed by atoms with Gasteiger partial charge in [-0.1, -0.05) is 6.07 Å². The van der Waals surface area contributed by atoms with E-state index in [1.807, 2.05) is 18.2 Å².